The Morgan fingerprint density at radius 3 is 2.86 bits per heavy atom. The monoisotopic (exact) mass is 322 g/mol. The zero-order valence-electron chi connectivity index (χ0n) is 12.8. The lowest BCUT2D eigenvalue weighted by molar-refractivity contribution is -0.149. The first-order valence-electron chi connectivity index (χ1n) is 8.07. The molecule has 2 aliphatic rings. The van der Waals surface area contributed by atoms with Crippen LogP contribution in [0.25, 0.3) is 0 Å². The lowest BCUT2D eigenvalue weighted by Gasteiger charge is -2.32. The van der Waals surface area contributed by atoms with Crippen molar-refractivity contribution in [3.8, 4) is 0 Å². The maximum atomic E-state index is 12.7. The number of carboxylic acids is 1. The molecular formula is C16H22N2O3S. The number of carboxylic acid groups (broad SMARTS) is 1. The summed E-state index contributed by atoms with van der Waals surface area (Å²) < 4.78 is 0. The number of amides is 1. The number of fused-ring (bicyclic) bond motifs is 1. The Kier molecular flexibility index (Phi) is 4.47. The Morgan fingerprint density at radius 1 is 1.41 bits per heavy atom. The Balaban J connectivity index is 1.76. The minimum Gasteiger partial charge on any atom is -0.480 e. The lowest BCUT2D eigenvalue weighted by atomic mass is 9.84. The predicted molar refractivity (Wildman–Crippen MR) is 83.8 cm³/mol. The predicted octanol–water partition coefficient (Wildman–Crippen LogP) is 2.49. The van der Waals surface area contributed by atoms with E-state index < -0.39 is 12.0 Å². The number of likely N-dealkylation sites (tertiary alicyclic amines) is 1. The third-order valence-corrected chi connectivity index (χ3v) is 5.82. The summed E-state index contributed by atoms with van der Waals surface area (Å²) in [6.45, 7) is 2.04. The first kappa shape index (κ1) is 15.5. The molecular weight excluding hydrogens is 300 g/mol. The Hall–Kier alpha value is -1.43. The summed E-state index contributed by atoms with van der Waals surface area (Å²) in [5.41, 5.74) is 1.000. The highest BCUT2D eigenvalue weighted by molar-refractivity contribution is 7.09. The fourth-order valence-corrected chi connectivity index (χ4v) is 4.72. The molecule has 1 aliphatic carbocycles. The zero-order chi connectivity index (χ0) is 15.7. The van der Waals surface area contributed by atoms with Crippen molar-refractivity contribution in [2.24, 2.45) is 5.92 Å². The van der Waals surface area contributed by atoms with Gasteiger partial charge >= 0.3 is 5.97 Å². The van der Waals surface area contributed by atoms with Crippen molar-refractivity contribution in [3.63, 3.8) is 0 Å². The third kappa shape index (κ3) is 2.89. The largest absolute Gasteiger partial charge is 0.480 e. The molecule has 22 heavy (non-hydrogen) atoms. The average Bonchev–Trinajstić information content (AvgIpc) is 3.10. The lowest BCUT2D eigenvalue weighted by Crippen LogP contribution is -2.46. The molecule has 1 amide bonds. The van der Waals surface area contributed by atoms with Gasteiger partial charge in [0.15, 0.2) is 0 Å². The molecule has 3 unspecified atom stereocenters. The Morgan fingerprint density at radius 2 is 2.18 bits per heavy atom. The number of carbonyl (C=O) groups excluding carboxylic acids is 1. The standard InChI is InChI=1S/C16H22N2O3S/c1-2-11-9-22-14(17-11)8-15(19)18-12-6-4-3-5-10(12)7-13(18)16(20)21/h9-10,12-13H,2-8H2,1H3,(H,20,21). The van der Waals surface area contributed by atoms with E-state index in [0.717, 1.165) is 42.8 Å². The maximum absolute atomic E-state index is 12.7. The van der Waals surface area contributed by atoms with Gasteiger partial charge in [-0.05, 0) is 31.6 Å². The second kappa shape index (κ2) is 6.36. The molecule has 0 bridgehead atoms. The quantitative estimate of drug-likeness (QED) is 0.924. The zero-order valence-corrected chi connectivity index (χ0v) is 13.6. The molecule has 1 aromatic heterocycles. The molecule has 1 aliphatic heterocycles. The molecule has 0 radical (unpaired) electrons. The van der Waals surface area contributed by atoms with E-state index in [0.29, 0.717) is 12.3 Å². The van der Waals surface area contributed by atoms with Gasteiger partial charge < -0.3 is 10.0 Å². The van der Waals surface area contributed by atoms with Crippen molar-refractivity contribution in [1.29, 1.82) is 0 Å². The van der Waals surface area contributed by atoms with Gasteiger partial charge in [0.1, 0.15) is 11.0 Å². The van der Waals surface area contributed by atoms with Crippen LogP contribution in [0.3, 0.4) is 0 Å². The van der Waals surface area contributed by atoms with E-state index in [1.165, 1.54) is 11.3 Å². The van der Waals surface area contributed by atoms with Crippen molar-refractivity contribution >= 4 is 23.2 Å². The number of aryl methyl sites for hydroxylation is 1. The number of nitrogens with zero attached hydrogens (tertiary/aromatic N) is 2. The van der Waals surface area contributed by atoms with Crippen molar-refractivity contribution in [1.82, 2.24) is 9.88 Å². The first-order chi connectivity index (χ1) is 10.6. The van der Waals surface area contributed by atoms with Crippen molar-refractivity contribution < 1.29 is 14.7 Å². The smallest absolute Gasteiger partial charge is 0.326 e. The molecule has 1 saturated heterocycles. The molecule has 5 nitrogen and oxygen atoms in total. The minimum atomic E-state index is -0.865. The molecule has 3 atom stereocenters. The Labute approximate surface area is 134 Å². The second-order valence-electron chi connectivity index (χ2n) is 6.27. The van der Waals surface area contributed by atoms with E-state index in [-0.39, 0.29) is 18.4 Å². The highest BCUT2D eigenvalue weighted by Gasteiger charge is 2.47. The van der Waals surface area contributed by atoms with Gasteiger partial charge in [0, 0.05) is 11.4 Å². The normalized spacial score (nSPS) is 27.7. The van der Waals surface area contributed by atoms with Crippen LogP contribution in [0, 0.1) is 5.92 Å². The van der Waals surface area contributed by atoms with Crippen LogP contribution in [-0.2, 0) is 22.4 Å². The van der Waals surface area contributed by atoms with Crippen LogP contribution in [0.5, 0.6) is 0 Å². The number of hydrogen-bond donors (Lipinski definition) is 1. The van der Waals surface area contributed by atoms with Gasteiger partial charge in [-0.25, -0.2) is 9.78 Å². The summed E-state index contributed by atoms with van der Waals surface area (Å²) in [6, 6.07) is -0.529. The molecule has 3 rings (SSSR count). The molecule has 1 N–H and O–H groups in total. The summed E-state index contributed by atoms with van der Waals surface area (Å²) in [4.78, 5) is 30.4. The second-order valence-corrected chi connectivity index (χ2v) is 7.21. The molecule has 1 saturated carbocycles. The number of thiazole rings is 1. The number of aromatic nitrogens is 1. The first-order valence-corrected chi connectivity index (χ1v) is 8.95. The maximum Gasteiger partial charge on any atom is 0.326 e. The summed E-state index contributed by atoms with van der Waals surface area (Å²) in [7, 11) is 0. The molecule has 120 valence electrons. The molecule has 0 aromatic carbocycles. The van der Waals surface area contributed by atoms with E-state index in [2.05, 4.69) is 4.98 Å². The molecule has 0 spiro atoms. The molecule has 2 fully saturated rings. The van der Waals surface area contributed by atoms with Crippen LogP contribution in [-0.4, -0.2) is 39.0 Å². The topological polar surface area (TPSA) is 70.5 Å². The molecule has 1 aromatic rings. The fraction of sp³-hybridized carbons (Fsp3) is 0.688. The van der Waals surface area contributed by atoms with Gasteiger partial charge in [0.2, 0.25) is 5.91 Å². The summed E-state index contributed by atoms with van der Waals surface area (Å²) in [5.74, 6) is -0.573. The van der Waals surface area contributed by atoms with Gasteiger partial charge in [0.25, 0.3) is 0 Å². The van der Waals surface area contributed by atoms with Crippen LogP contribution in [0.15, 0.2) is 5.38 Å². The van der Waals surface area contributed by atoms with Crippen molar-refractivity contribution in [2.45, 2.75) is 64.0 Å². The highest BCUT2D eigenvalue weighted by Crippen LogP contribution is 2.40. The highest BCUT2D eigenvalue weighted by atomic mass is 32.1. The van der Waals surface area contributed by atoms with Gasteiger partial charge in [-0.1, -0.05) is 19.8 Å². The number of rotatable bonds is 4. The van der Waals surface area contributed by atoms with Crippen LogP contribution in [0.2, 0.25) is 0 Å². The van der Waals surface area contributed by atoms with Crippen molar-refractivity contribution in [3.05, 3.63) is 16.1 Å². The Bertz CT molecular complexity index is 571. The van der Waals surface area contributed by atoms with E-state index in [1.54, 1.807) is 4.90 Å². The average molecular weight is 322 g/mol. The van der Waals surface area contributed by atoms with E-state index in [1.807, 2.05) is 12.3 Å². The van der Waals surface area contributed by atoms with Crippen LogP contribution < -0.4 is 0 Å². The molecule has 2 heterocycles. The van der Waals surface area contributed by atoms with E-state index >= 15 is 0 Å². The number of hydrogen-bond acceptors (Lipinski definition) is 4. The van der Waals surface area contributed by atoms with Gasteiger partial charge in [-0.15, -0.1) is 11.3 Å². The van der Waals surface area contributed by atoms with Gasteiger partial charge in [0.05, 0.1) is 12.1 Å². The third-order valence-electron chi connectivity index (χ3n) is 4.93. The number of carbonyl (C=O) groups is 2. The van der Waals surface area contributed by atoms with Gasteiger partial charge in [-0.2, -0.15) is 0 Å². The molecule has 6 heteroatoms. The van der Waals surface area contributed by atoms with Crippen LogP contribution >= 0.6 is 11.3 Å². The van der Waals surface area contributed by atoms with Gasteiger partial charge in [-0.3, -0.25) is 4.79 Å². The van der Waals surface area contributed by atoms with E-state index in [4.69, 9.17) is 0 Å². The fourth-order valence-electron chi connectivity index (χ4n) is 3.85. The minimum absolute atomic E-state index is 0.0706. The van der Waals surface area contributed by atoms with E-state index in [9.17, 15) is 14.7 Å². The SMILES string of the molecule is CCc1csc(CC(=O)N2C(C(=O)O)CC3CCCCC32)n1. The van der Waals surface area contributed by atoms with Crippen LogP contribution in [0.1, 0.15) is 49.7 Å². The number of aliphatic carboxylic acids is 1. The summed E-state index contributed by atoms with van der Waals surface area (Å²) in [6.07, 6.45) is 5.95. The summed E-state index contributed by atoms with van der Waals surface area (Å²) >= 11 is 1.49. The van der Waals surface area contributed by atoms with Crippen LogP contribution in [0.4, 0.5) is 0 Å². The summed E-state index contributed by atoms with van der Waals surface area (Å²) in [5, 5.41) is 12.3. The van der Waals surface area contributed by atoms with Crippen molar-refractivity contribution in [2.75, 3.05) is 0 Å².